The molecule has 4 heterocycles. The first-order valence-electron chi connectivity index (χ1n) is 12.1. The molecular formula is C27H29N5O2. The lowest BCUT2D eigenvalue weighted by Crippen LogP contribution is -2.49. The third-order valence-electron chi connectivity index (χ3n) is 7.54. The Balaban J connectivity index is 1.33. The molecule has 7 heteroatoms. The van der Waals surface area contributed by atoms with Gasteiger partial charge in [0.2, 0.25) is 11.8 Å². The number of nitrogens with zero attached hydrogens (tertiary/aromatic N) is 3. The van der Waals surface area contributed by atoms with Crippen molar-refractivity contribution in [1.29, 1.82) is 0 Å². The van der Waals surface area contributed by atoms with Crippen LogP contribution in [0, 0.1) is 6.92 Å². The number of likely N-dealkylation sites (tertiary alicyclic amines) is 1. The molecule has 2 aromatic carbocycles. The fourth-order valence-electron chi connectivity index (χ4n) is 5.77. The minimum Gasteiger partial charge on any atom is -0.329 e. The fraction of sp³-hybridized carbons (Fsp3) is 0.370. The number of carbonyl (C=O) groups excluding carboxylic acids is 2. The highest BCUT2D eigenvalue weighted by atomic mass is 16.2. The van der Waals surface area contributed by atoms with Crippen LogP contribution in [0.15, 0.2) is 42.5 Å². The first-order chi connectivity index (χ1) is 16.5. The molecule has 2 amide bonds. The molecule has 0 bridgehead atoms. The molecule has 0 saturated carbocycles. The summed E-state index contributed by atoms with van der Waals surface area (Å²) in [5, 5.41) is 8.58. The zero-order valence-corrected chi connectivity index (χ0v) is 19.6. The smallest absolute Gasteiger partial charge is 0.247 e. The summed E-state index contributed by atoms with van der Waals surface area (Å²) in [7, 11) is 2.05. The van der Waals surface area contributed by atoms with Gasteiger partial charge in [0, 0.05) is 41.1 Å². The van der Waals surface area contributed by atoms with Crippen molar-refractivity contribution in [2.75, 3.05) is 18.4 Å². The van der Waals surface area contributed by atoms with Crippen molar-refractivity contribution in [1.82, 2.24) is 19.8 Å². The number of pyridine rings is 1. The SMILES string of the molecule is Cc1c2c3cc(NC(=O)[C@@H]4CCCN4C(=O)[C@@H]4CCCN4)ccc3nc-2n(C)c2ccccc12. The van der Waals surface area contributed by atoms with E-state index < -0.39 is 6.04 Å². The van der Waals surface area contributed by atoms with Crippen molar-refractivity contribution in [3.63, 3.8) is 0 Å². The molecule has 2 saturated heterocycles. The van der Waals surface area contributed by atoms with Gasteiger partial charge in [0.1, 0.15) is 11.9 Å². The molecule has 7 nitrogen and oxygen atoms in total. The lowest BCUT2D eigenvalue weighted by molar-refractivity contribution is -0.138. The number of nitrogens with one attached hydrogen (secondary N) is 2. The van der Waals surface area contributed by atoms with Gasteiger partial charge in [-0.15, -0.1) is 0 Å². The van der Waals surface area contributed by atoms with Crippen molar-refractivity contribution in [2.45, 2.75) is 44.7 Å². The number of aromatic nitrogens is 2. The van der Waals surface area contributed by atoms with Crippen molar-refractivity contribution in [3.8, 4) is 11.4 Å². The van der Waals surface area contributed by atoms with E-state index in [0.717, 1.165) is 59.3 Å². The van der Waals surface area contributed by atoms with Gasteiger partial charge >= 0.3 is 0 Å². The van der Waals surface area contributed by atoms with Crippen molar-refractivity contribution in [2.24, 2.45) is 7.05 Å². The molecule has 2 fully saturated rings. The Hall–Kier alpha value is -3.45. The molecule has 0 unspecified atom stereocenters. The van der Waals surface area contributed by atoms with Gasteiger partial charge in [-0.25, -0.2) is 4.98 Å². The summed E-state index contributed by atoms with van der Waals surface area (Å²) in [6.07, 6.45) is 3.42. The molecule has 174 valence electrons. The van der Waals surface area contributed by atoms with Crippen LogP contribution in [0.5, 0.6) is 0 Å². The molecule has 0 aliphatic carbocycles. The van der Waals surface area contributed by atoms with Crippen LogP contribution in [0.4, 0.5) is 5.69 Å². The third-order valence-corrected chi connectivity index (χ3v) is 7.54. The number of aryl methyl sites for hydroxylation is 2. The van der Waals surface area contributed by atoms with E-state index in [1.54, 1.807) is 4.90 Å². The average molecular weight is 456 g/mol. The summed E-state index contributed by atoms with van der Waals surface area (Å²) < 4.78 is 2.13. The zero-order valence-electron chi connectivity index (χ0n) is 19.6. The molecule has 2 aromatic rings. The van der Waals surface area contributed by atoms with Crippen LogP contribution in [0.2, 0.25) is 0 Å². The first-order valence-corrected chi connectivity index (χ1v) is 12.1. The van der Waals surface area contributed by atoms with Gasteiger partial charge in [0.25, 0.3) is 0 Å². The normalized spacial score (nSPS) is 20.6. The maximum atomic E-state index is 13.2. The second-order valence-corrected chi connectivity index (χ2v) is 9.57. The molecule has 0 spiro atoms. The Kier molecular flexibility index (Phi) is 5.03. The van der Waals surface area contributed by atoms with Gasteiger partial charge in [-0.05, 0) is 69.0 Å². The highest BCUT2D eigenvalue weighted by Crippen LogP contribution is 2.39. The Morgan fingerprint density at radius 1 is 1.09 bits per heavy atom. The van der Waals surface area contributed by atoms with Crippen LogP contribution in [0.3, 0.4) is 0 Å². The Bertz CT molecular complexity index is 1400. The predicted octanol–water partition coefficient (Wildman–Crippen LogP) is 3.82. The number of hydrogen-bond donors (Lipinski definition) is 2. The first kappa shape index (κ1) is 21.1. The van der Waals surface area contributed by atoms with Gasteiger partial charge in [-0.1, -0.05) is 18.2 Å². The van der Waals surface area contributed by atoms with Gasteiger partial charge in [-0.3, -0.25) is 9.59 Å². The lowest BCUT2D eigenvalue weighted by atomic mass is 10.00. The van der Waals surface area contributed by atoms with E-state index in [0.29, 0.717) is 13.0 Å². The molecular weight excluding hydrogens is 426 g/mol. The summed E-state index contributed by atoms with van der Waals surface area (Å²) in [6, 6.07) is 13.7. The Labute approximate surface area is 198 Å². The lowest BCUT2D eigenvalue weighted by Gasteiger charge is -2.26. The standard InChI is InChI=1S/C27H29N5O2/c1-16-18-7-3-4-9-22(18)31(2)25-24(16)19-15-17(11-12-20(19)30-25)29-26(33)23-10-6-14-32(23)27(34)21-8-5-13-28-21/h3-4,7,9,11-12,15,21,23,28H,5-6,8,10,13-14H2,1-2H3,(H,29,33)/t21-,23-/m0/s1. The largest absolute Gasteiger partial charge is 0.329 e. The van der Waals surface area contributed by atoms with Gasteiger partial charge in [0.15, 0.2) is 0 Å². The van der Waals surface area contributed by atoms with E-state index in [-0.39, 0.29) is 17.9 Å². The number of carbonyl (C=O) groups is 2. The molecule has 0 radical (unpaired) electrons. The van der Waals surface area contributed by atoms with Crippen molar-refractivity contribution >= 4 is 39.3 Å². The van der Waals surface area contributed by atoms with Crippen LogP contribution in [-0.4, -0.2) is 51.4 Å². The highest BCUT2D eigenvalue weighted by molar-refractivity contribution is 6.06. The van der Waals surface area contributed by atoms with E-state index in [1.807, 2.05) is 31.3 Å². The Morgan fingerprint density at radius 3 is 2.76 bits per heavy atom. The zero-order chi connectivity index (χ0) is 23.4. The van der Waals surface area contributed by atoms with Crippen molar-refractivity contribution in [3.05, 3.63) is 48.0 Å². The average Bonchev–Trinajstić information content (AvgIpc) is 3.61. The van der Waals surface area contributed by atoms with E-state index >= 15 is 0 Å². The van der Waals surface area contributed by atoms with Crippen LogP contribution < -0.4 is 10.6 Å². The number of para-hydroxylation sites is 1. The number of amides is 2. The fourth-order valence-corrected chi connectivity index (χ4v) is 5.77. The van der Waals surface area contributed by atoms with Crippen molar-refractivity contribution < 1.29 is 9.59 Å². The maximum absolute atomic E-state index is 13.2. The van der Waals surface area contributed by atoms with Gasteiger partial charge in [0.05, 0.1) is 11.6 Å². The number of fused-ring (bicyclic) bond motifs is 4. The van der Waals surface area contributed by atoms with E-state index in [1.165, 1.54) is 10.9 Å². The monoisotopic (exact) mass is 455 g/mol. The second-order valence-electron chi connectivity index (χ2n) is 9.57. The van der Waals surface area contributed by atoms with Crippen LogP contribution in [-0.2, 0) is 16.6 Å². The van der Waals surface area contributed by atoms with Crippen LogP contribution >= 0.6 is 0 Å². The molecule has 4 aliphatic rings. The molecule has 2 N–H and O–H groups in total. The third kappa shape index (κ3) is 3.26. The minimum absolute atomic E-state index is 0.0619. The molecule has 0 aromatic heterocycles. The number of rotatable bonds is 3. The maximum Gasteiger partial charge on any atom is 0.247 e. The minimum atomic E-state index is -0.413. The number of anilines is 1. The quantitative estimate of drug-likeness (QED) is 0.492. The van der Waals surface area contributed by atoms with E-state index in [4.69, 9.17) is 4.98 Å². The molecule has 4 aliphatic heterocycles. The number of benzene rings is 2. The molecule has 2 atom stereocenters. The highest BCUT2D eigenvalue weighted by Gasteiger charge is 2.37. The van der Waals surface area contributed by atoms with E-state index in [2.05, 4.69) is 40.3 Å². The summed E-state index contributed by atoms with van der Waals surface area (Å²) >= 11 is 0. The topological polar surface area (TPSA) is 79.3 Å². The van der Waals surface area contributed by atoms with Crippen LogP contribution in [0.25, 0.3) is 33.2 Å². The number of hydrogen-bond acceptors (Lipinski definition) is 4. The van der Waals surface area contributed by atoms with Gasteiger partial charge < -0.3 is 20.1 Å². The summed E-state index contributed by atoms with van der Waals surface area (Å²) in [6.45, 7) is 3.65. The Morgan fingerprint density at radius 2 is 1.94 bits per heavy atom. The summed E-state index contributed by atoms with van der Waals surface area (Å²) in [5.74, 6) is 0.887. The molecule has 34 heavy (non-hydrogen) atoms. The van der Waals surface area contributed by atoms with Gasteiger partial charge in [-0.2, -0.15) is 0 Å². The van der Waals surface area contributed by atoms with E-state index in [9.17, 15) is 9.59 Å². The molecule has 6 rings (SSSR count). The summed E-state index contributed by atoms with van der Waals surface area (Å²) in [4.78, 5) is 32.8. The second kappa shape index (κ2) is 8.09. The summed E-state index contributed by atoms with van der Waals surface area (Å²) in [5.41, 5.74) is 5.09. The van der Waals surface area contributed by atoms with Crippen LogP contribution in [0.1, 0.15) is 31.2 Å². The predicted molar refractivity (Wildman–Crippen MR) is 134 cm³/mol.